The molecule has 1 atom stereocenters. The topological polar surface area (TPSA) is 72.2 Å². The van der Waals surface area contributed by atoms with Crippen LogP contribution in [0.15, 0.2) is 12.1 Å². The van der Waals surface area contributed by atoms with Crippen molar-refractivity contribution in [3.63, 3.8) is 0 Å². The summed E-state index contributed by atoms with van der Waals surface area (Å²) in [5.74, 6) is 1.45. The number of nitrogens with one attached hydrogen (secondary N) is 2. The van der Waals surface area contributed by atoms with Gasteiger partial charge >= 0.3 is 0 Å². The Labute approximate surface area is 117 Å². The first-order chi connectivity index (χ1) is 9.61. The van der Waals surface area contributed by atoms with Gasteiger partial charge in [-0.1, -0.05) is 0 Å². The number of amides is 1. The minimum Gasteiger partial charge on any atom is -0.507 e. The van der Waals surface area contributed by atoms with Crippen molar-refractivity contribution < 1.29 is 24.3 Å². The molecule has 2 aliphatic rings. The number of quaternary nitrogens is 1. The highest BCUT2D eigenvalue weighted by Crippen LogP contribution is 2.37. The molecule has 3 rings (SSSR count). The fourth-order valence-corrected chi connectivity index (χ4v) is 2.28. The molecule has 1 unspecified atom stereocenters. The molecule has 1 aromatic rings. The second-order valence-electron chi connectivity index (χ2n) is 5.49. The number of hydrogen-bond donors (Lipinski definition) is 3. The molecule has 0 bridgehead atoms. The van der Waals surface area contributed by atoms with Crippen LogP contribution < -0.4 is 19.7 Å². The van der Waals surface area contributed by atoms with Gasteiger partial charge in [-0.15, -0.1) is 0 Å². The number of fused-ring (bicyclic) bond motifs is 1. The van der Waals surface area contributed by atoms with Crippen molar-refractivity contribution in [3.05, 3.63) is 17.7 Å². The Morgan fingerprint density at radius 1 is 1.40 bits per heavy atom. The van der Waals surface area contributed by atoms with Gasteiger partial charge in [0.2, 0.25) is 6.79 Å². The number of rotatable bonds is 5. The third kappa shape index (κ3) is 2.96. The lowest BCUT2D eigenvalue weighted by atomic mass is 10.1. The van der Waals surface area contributed by atoms with Gasteiger partial charge in [-0.2, -0.15) is 0 Å². The average Bonchev–Trinajstić information content (AvgIpc) is 3.06. The first kappa shape index (κ1) is 13.1. The highest BCUT2D eigenvalue weighted by atomic mass is 16.7. The van der Waals surface area contributed by atoms with E-state index >= 15 is 0 Å². The summed E-state index contributed by atoms with van der Waals surface area (Å²) in [6.07, 6.45) is 2.18. The smallest absolute Gasteiger partial charge is 0.275 e. The second-order valence-corrected chi connectivity index (χ2v) is 5.49. The minimum absolute atomic E-state index is 0.0604. The van der Waals surface area contributed by atoms with Gasteiger partial charge in [0.15, 0.2) is 18.0 Å². The van der Waals surface area contributed by atoms with E-state index in [1.54, 1.807) is 12.1 Å². The zero-order valence-corrected chi connectivity index (χ0v) is 11.4. The number of ether oxygens (including phenoxy) is 2. The fourth-order valence-electron chi connectivity index (χ4n) is 2.28. The van der Waals surface area contributed by atoms with E-state index in [2.05, 4.69) is 5.32 Å². The molecule has 1 aromatic carbocycles. The van der Waals surface area contributed by atoms with Crippen molar-refractivity contribution in [2.24, 2.45) is 0 Å². The maximum Gasteiger partial charge on any atom is 0.275 e. The molecule has 1 aliphatic carbocycles. The first-order valence-corrected chi connectivity index (χ1v) is 6.84. The summed E-state index contributed by atoms with van der Waals surface area (Å²) in [7, 11) is 1.93. The number of phenolic OH excluding ortho intramolecular Hbond substituents is 1. The molecule has 0 spiro atoms. The van der Waals surface area contributed by atoms with E-state index in [-0.39, 0.29) is 18.4 Å². The molecule has 1 amide bonds. The molecule has 20 heavy (non-hydrogen) atoms. The van der Waals surface area contributed by atoms with E-state index < -0.39 is 0 Å². The minimum atomic E-state index is 0.0604. The molecule has 108 valence electrons. The van der Waals surface area contributed by atoms with Gasteiger partial charge < -0.3 is 24.8 Å². The number of carbonyl (C=O) groups excluding carboxylic acids is 1. The van der Waals surface area contributed by atoms with Crippen LogP contribution >= 0.6 is 0 Å². The summed E-state index contributed by atoms with van der Waals surface area (Å²) in [5, 5.41) is 12.9. The van der Waals surface area contributed by atoms with Gasteiger partial charge in [-0.05, 0) is 18.9 Å². The quantitative estimate of drug-likeness (QED) is 0.674. The average molecular weight is 279 g/mol. The maximum atomic E-state index is 11.7. The summed E-state index contributed by atoms with van der Waals surface area (Å²) in [5.41, 5.74) is 0.756. The first-order valence-electron chi connectivity index (χ1n) is 6.84. The van der Waals surface area contributed by atoms with Crippen molar-refractivity contribution in [2.75, 3.05) is 20.4 Å². The van der Waals surface area contributed by atoms with E-state index in [4.69, 9.17) is 9.47 Å². The van der Waals surface area contributed by atoms with Crippen LogP contribution in [-0.4, -0.2) is 37.4 Å². The zero-order chi connectivity index (χ0) is 14.1. The number of carbonyl (C=O) groups is 1. The molecule has 1 heterocycles. The normalized spacial score (nSPS) is 17.9. The van der Waals surface area contributed by atoms with E-state index in [0.29, 0.717) is 30.6 Å². The summed E-state index contributed by atoms with van der Waals surface area (Å²) >= 11 is 0. The molecular weight excluding hydrogens is 260 g/mol. The monoisotopic (exact) mass is 279 g/mol. The lowest BCUT2D eigenvalue weighted by Crippen LogP contribution is -3.08. The summed E-state index contributed by atoms with van der Waals surface area (Å²) in [4.78, 5) is 12.7. The number of likely N-dealkylation sites (N-methyl/N-ethyl adjacent to an activating group) is 1. The van der Waals surface area contributed by atoms with Gasteiger partial charge in [0.05, 0.1) is 12.6 Å². The van der Waals surface area contributed by atoms with E-state index in [1.807, 2.05) is 7.05 Å². The Kier molecular flexibility index (Phi) is 3.40. The number of hydrogen-bond acceptors (Lipinski definition) is 4. The predicted molar refractivity (Wildman–Crippen MR) is 70.9 cm³/mol. The Bertz CT molecular complexity index is 528. The molecular formula is C14H19N2O4+. The Balaban J connectivity index is 1.60. The second kappa shape index (κ2) is 5.20. The summed E-state index contributed by atoms with van der Waals surface area (Å²) < 4.78 is 10.5. The molecule has 1 aliphatic heterocycles. The van der Waals surface area contributed by atoms with Crippen molar-refractivity contribution in [1.82, 2.24) is 5.32 Å². The standard InChI is InChI=1S/C14H18N2O4/c1-16(7-14(18)15-10-2-3-10)6-9-4-12-13(5-11(9)17)20-8-19-12/h4-5,10,17H,2-3,6-8H2,1H3,(H,15,18)/p+1. The lowest BCUT2D eigenvalue weighted by molar-refractivity contribution is -0.885. The van der Waals surface area contributed by atoms with Crippen LogP contribution in [0.2, 0.25) is 0 Å². The lowest BCUT2D eigenvalue weighted by Gasteiger charge is -2.15. The Morgan fingerprint density at radius 3 is 2.80 bits per heavy atom. The predicted octanol–water partition coefficient (Wildman–Crippen LogP) is -0.586. The highest BCUT2D eigenvalue weighted by molar-refractivity contribution is 5.77. The number of aromatic hydroxyl groups is 1. The Hall–Kier alpha value is -1.95. The number of benzene rings is 1. The molecule has 0 saturated heterocycles. The van der Waals surface area contributed by atoms with Crippen molar-refractivity contribution in [3.8, 4) is 17.2 Å². The molecule has 6 heteroatoms. The molecule has 1 fully saturated rings. The van der Waals surface area contributed by atoms with Gasteiger partial charge in [0.25, 0.3) is 5.91 Å². The van der Waals surface area contributed by atoms with E-state index in [9.17, 15) is 9.90 Å². The zero-order valence-electron chi connectivity index (χ0n) is 11.4. The van der Waals surface area contributed by atoms with Crippen LogP contribution in [-0.2, 0) is 11.3 Å². The van der Waals surface area contributed by atoms with Crippen LogP contribution in [0.3, 0.4) is 0 Å². The molecule has 0 radical (unpaired) electrons. The fraction of sp³-hybridized carbons (Fsp3) is 0.500. The van der Waals surface area contributed by atoms with Crippen molar-refractivity contribution in [2.45, 2.75) is 25.4 Å². The van der Waals surface area contributed by atoms with Crippen LogP contribution in [0.4, 0.5) is 0 Å². The van der Waals surface area contributed by atoms with Crippen LogP contribution in [0, 0.1) is 0 Å². The third-order valence-corrected chi connectivity index (χ3v) is 3.47. The van der Waals surface area contributed by atoms with Gasteiger partial charge in [0, 0.05) is 12.1 Å². The molecule has 3 N–H and O–H groups in total. The van der Waals surface area contributed by atoms with Gasteiger partial charge in [0.1, 0.15) is 12.3 Å². The van der Waals surface area contributed by atoms with E-state index in [1.165, 1.54) is 0 Å². The van der Waals surface area contributed by atoms with Gasteiger partial charge in [-0.25, -0.2) is 0 Å². The highest BCUT2D eigenvalue weighted by Gasteiger charge is 2.25. The molecule has 6 nitrogen and oxygen atoms in total. The summed E-state index contributed by atoms with van der Waals surface area (Å²) in [6.45, 7) is 1.13. The van der Waals surface area contributed by atoms with Crippen molar-refractivity contribution >= 4 is 5.91 Å². The molecule has 1 saturated carbocycles. The summed E-state index contributed by atoms with van der Waals surface area (Å²) in [6, 6.07) is 3.73. The van der Waals surface area contributed by atoms with Crippen molar-refractivity contribution in [1.29, 1.82) is 0 Å². The maximum absolute atomic E-state index is 11.7. The Morgan fingerprint density at radius 2 is 2.10 bits per heavy atom. The van der Waals surface area contributed by atoms with Crippen LogP contribution in [0.1, 0.15) is 18.4 Å². The third-order valence-electron chi connectivity index (χ3n) is 3.47. The van der Waals surface area contributed by atoms with Gasteiger partial charge in [-0.3, -0.25) is 4.79 Å². The van der Waals surface area contributed by atoms with Crippen LogP contribution in [0.25, 0.3) is 0 Å². The SMILES string of the molecule is C[NH+](CC(=O)NC1CC1)Cc1cc2c(cc1O)OCO2. The van der Waals surface area contributed by atoms with Crippen LogP contribution in [0.5, 0.6) is 17.2 Å². The van der Waals surface area contributed by atoms with E-state index in [0.717, 1.165) is 23.3 Å². The largest absolute Gasteiger partial charge is 0.507 e. The molecule has 0 aromatic heterocycles. The number of phenols is 1.